The van der Waals surface area contributed by atoms with Gasteiger partial charge in [0.2, 0.25) is 0 Å². The first-order chi connectivity index (χ1) is 6.49. The molecule has 0 aliphatic rings. The summed E-state index contributed by atoms with van der Waals surface area (Å²) < 4.78 is 4.76. The van der Waals surface area contributed by atoms with Crippen molar-refractivity contribution in [1.82, 2.24) is 10.0 Å². The van der Waals surface area contributed by atoms with Crippen LogP contribution >= 0.6 is 0 Å². The molecule has 0 rings (SSSR count). The van der Waals surface area contributed by atoms with E-state index in [0.29, 0.717) is 0 Å². The Morgan fingerprint density at radius 1 is 1.50 bits per heavy atom. The molecule has 0 heterocycles. The van der Waals surface area contributed by atoms with E-state index in [1.807, 2.05) is 19.0 Å². The Morgan fingerprint density at radius 3 is 2.50 bits per heavy atom. The third-order valence-corrected chi connectivity index (χ3v) is 2.05. The summed E-state index contributed by atoms with van der Waals surface area (Å²) in [6, 6.07) is 0.156. The Hall–Kier alpha value is -0.650. The molecule has 0 saturated carbocycles. The van der Waals surface area contributed by atoms with E-state index in [4.69, 9.17) is 10.5 Å². The molecule has 1 unspecified atom stereocenters. The van der Waals surface area contributed by atoms with Gasteiger partial charge < -0.3 is 10.5 Å². The molecule has 5 heteroatoms. The number of amides is 1. The number of nitrogens with two attached hydrogens (primary N) is 1. The molecule has 14 heavy (non-hydrogen) atoms. The van der Waals surface area contributed by atoms with Gasteiger partial charge in [0.25, 0.3) is 5.91 Å². The summed E-state index contributed by atoms with van der Waals surface area (Å²) in [6.45, 7) is 2.83. The van der Waals surface area contributed by atoms with Crippen molar-refractivity contribution in [2.24, 2.45) is 5.73 Å². The van der Waals surface area contributed by atoms with Crippen molar-refractivity contribution >= 4 is 5.91 Å². The van der Waals surface area contributed by atoms with Gasteiger partial charge in [-0.1, -0.05) is 0 Å². The molecule has 0 saturated heterocycles. The van der Waals surface area contributed by atoms with Gasteiger partial charge in [0, 0.05) is 33.8 Å². The van der Waals surface area contributed by atoms with Crippen LogP contribution in [0.3, 0.4) is 0 Å². The highest BCUT2D eigenvalue weighted by molar-refractivity contribution is 5.76. The van der Waals surface area contributed by atoms with Crippen LogP contribution in [0.5, 0.6) is 0 Å². The molecule has 84 valence electrons. The highest BCUT2D eigenvalue weighted by Gasteiger charge is 2.12. The molecular formula is C9H21N3O2. The van der Waals surface area contributed by atoms with Crippen LogP contribution in [0.2, 0.25) is 0 Å². The van der Waals surface area contributed by atoms with E-state index in [1.54, 1.807) is 12.1 Å². The number of carbonyl (C=O) groups excluding carboxylic acids is 1. The summed E-state index contributed by atoms with van der Waals surface area (Å²) in [7, 11) is 5.09. The molecule has 1 amide bonds. The van der Waals surface area contributed by atoms with Gasteiger partial charge in [0.15, 0.2) is 0 Å². The summed E-state index contributed by atoms with van der Waals surface area (Å²) in [4.78, 5) is 11.4. The van der Waals surface area contributed by atoms with Gasteiger partial charge in [-0.3, -0.25) is 9.80 Å². The first-order valence-corrected chi connectivity index (χ1v) is 4.71. The third-order valence-electron chi connectivity index (χ3n) is 2.05. The lowest BCUT2D eigenvalue weighted by molar-refractivity contribution is -0.147. The van der Waals surface area contributed by atoms with Crippen molar-refractivity contribution in [1.29, 1.82) is 0 Å². The summed E-state index contributed by atoms with van der Waals surface area (Å²) in [5.74, 6) is -0.0559. The molecule has 0 fully saturated rings. The van der Waals surface area contributed by atoms with Crippen LogP contribution in [0.25, 0.3) is 0 Å². The molecule has 2 N–H and O–H groups in total. The zero-order valence-electron chi connectivity index (χ0n) is 9.49. The fourth-order valence-corrected chi connectivity index (χ4v) is 0.948. The second kappa shape index (κ2) is 6.75. The SMILES string of the molecule is COCC(=O)N(C)N(C)CCC(C)N. The molecular weight excluding hydrogens is 182 g/mol. The molecule has 0 aliphatic carbocycles. The van der Waals surface area contributed by atoms with Gasteiger partial charge in [-0.15, -0.1) is 0 Å². The molecule has 5 nitrogen and oxygen atoms in total. The highest BCUT2D eigenvalue weighted by atomic mass is 16.5. The van der Waals surface area contributed by atoms with Crippen LogP contribution in [0.4, 0.5) is 0 Å². The molecule has 0 spiro atoms. The van der Waals surface area contributed by atoms with E-state index in [9.17, 15) is 4.79 Å². The van der Waals surface area contributed by atoms with Crippen LogP contribution in [0.15, 0.2) is 0 Å². The zero-order chi connectivity index (χ0) is 11.1. The maximum Gasteiger partial charge on any atom is 0.262 e. The number of methoxy groups -OCH3 is 1. The van der Waals surface area contributed by atoms with Crippen molar-refractivity contribution in [2.45, 2.75) is 19.4 Å². The van der Waals surface area contributed by atoms with Crippen molar-refractivity contribution in [2.75, 3.05) is 34.4 Å². The lowest BCUT2D eigenvalue weighted by Crippen LogP contribution is -2.44. The number of ether oxygens (including phenoxy) is 1. The molecule has 0 radical (unpaired) electrons. The normalized spacial score (nSPS) is 13.0. The maximum atomic E-state index is 11.4. The number of rotatable bonds is 6. The summed E-state index contributed by atoms with van der Waals surface area (Å²) >= 11 is 0. The van der Waals surface area contributed by atoms with Crippen LogP contribution in [-0.2, 0) is 9.53 Å². The largest absolute Gasteiger partial charge is 0.375 e. The Morgan fingerprint density at radius 2 is 2.07 bits per heavy atom. The van der Waals surface area contributed by atoms with E-state index < -0.39 is 0 Å². The minimum Gasteiger partial charge on any atom is -0.375 e. The molecule has 0 aliphatic heterocycles. The monoisotopic (exact) mass is 203 g/mol. The van der Waals surface area contributed by atoms with Crippen molar-refractivity contribution < 1.29 is 9.53 Å². The number of nitrogens with zero attached hydrogens (tertiary/aromatic N) is 2. The second-order valence-corrected chi connectivity index (χ2v) is 3.50. The summed E-state index contributed by atoms with van der Waals surface area (Å²) in [5.41, 5.74) is 5.62. The molecule has 0 aromatic rings. The smallest absolute Gasteiger partial charge is 0.262 e. The molecule has 0 aromatic heterocycles. The van der Waals surface area contributed by atoms with Crippen LogP contribution in [0.1, 0.15) is 13.3 Å². The lowest BCUT2D eigenvalue weighted by Gasteiger charge is -2.28. The highest BCUT2D eigenvalue weighted by Crippen LogP contribution is 1.96. The maximum absolute atomic E-state index is 11.4. The average Bonchev–Trinajstić information content (AvgIpc) is 2.13. The Labute approximate surface area is 85.8 Å². The van der Waals surface area contributed by atoms with Crippen molar-refractivity contribution in [3.05, 3.63) is 0 Å². The lowest BCUT2D eigenvalue weighted by atomic mass is 10.2. The molecule has 0 bridgehead atoms. The van der Waals surface area contributed by atoms with E-state index >= 15 is 0 Å². The Balaban J connectivity index is 3.85. The minimum absolute atomic E-state index is 0.0559. The first kappa shape index (κ1) is 13.4. The second-order valence-electron chi connectivity index (χ2n) is 3.50. The quantitative estimate of drug-likeness (QED) is 0.601. The number of hydrazine groups is 1. The van der Waals surface area contributed by atoms with Gasteiger partial charge in [0.05, 0.1) is 0 Å². The van der Waals surface area contributed by atoms with Crippen LogP contribution in [-0.4, -0.2) is 56.3 Å². The summed E-state index contributed by atoms with van der Waals surface area (Å²) in [5, 5.41) is 3.39. The third kappa shape index (κ3) is 5.16. The number of likely N-dealkylation sites (N-methyl/N-ethyl adjacent to an activating group) is 1. The van der Waals surface area contributed by atoms with Crippen LogP contribution < -0.4 is 5.73 Å². The standard InChI is InChI=1S/C9H21N3O2/c1-8(10)5-6-11(2)12(3)9(13)7-14-4/h8H,5-7,10H2,1-4H3. The number of carbonyl (C=O) groups is 1. The first-order valence-electron chi connectivity index (χ1n) is 4.71. The van der Waals surface area contributed by atoms with E-state index in [1.165, 1.54) is 7.11 Å². The predicted molar refractivity (Wildman–Crippen MR) is 55.5 cm³/mol. The van der Waals surface area contributed by atoms with E-state index in [0.717, 1.165) is 13.0 Å². The topological polar surface area (TPSA) is 58.8 Å². The van der Waals surface area contributed by atoms with Crippen molar-refractivity contribution in [3.8, 4) is 0 Å². The summed E-state index contributed by atoms with van der Waals surface area (Å²) in [6.07, 6.45) is 0.862. The molecule has 0 aromatic carbocycles. The Bertz CT molecular complexity index is 173. The number of hydrogen-bond acceptors (Lipinski definition) is 4. The fraction of sp³-hybridized carbons (Fsp3) is 0.889. The van der Waals surface area contributed by atoms with Gasteiger partial charge in [-0.25, -0.2) is 5.01 Å². The minimum atomic E-state index is -0.0559. The van der Waals surface area contributed by atoms with E-state index in [-0.39, 0.29) is 18.6 Å². The van der Waals surface area contributed by atoms with Crippen LogP contribution in [0, 0.1) is 0 Å². The van der Waals surface area contributed by atoms with Gasteiger partial charge in [-0.2, -0.15) is 0 Å². The van der Waals surface area contributed by atoms with Gasteiger partial charge in [-0.05, 0) is 13.3 Å². The fourth-order valence-electron chi connectivity index (χ4n) is 0.948. The average molecular weight is 203 g/mol. The predicted octanol–water partition coefficient (Wildman–Crippen LogP) is -0.325. The van der Waals surface area contributed by atoms with E-state index in [2.05, 4.69) is 0 Å². The van der Waals surface area contributed by atoms with Gasteiger partial charge in [0.1, 0.15) is 6.61 Å². The number of hydrogen-bond donors (Lipinski definition) is 1. The zero-order valence-corrected chi connectivity index (χ0v) is 9.49. The van der Waals surface area contributed by atoms with Crippen molar-refractivity contribution in [3.63, 3.8) is 0 Å². The van der Waals surface area contributed by atoms with Gasteiger partial charge >= 0.3 is 0 Å². The molecule has 1 atom stereocenters. The Kier molecular flexibility index (Phi) is 6.44.